The van der Waals surface area contributed by atoms with Crippen molar-refractivity contribution in [3.8, 4) is 0 Å². The van der Waals surface area contributed by atoms with Gasteiger partial charge in [0.15, 0.2) is 0 Å². The summed E-state index contributed by atoms with van der Waals surface area (Å²) < 4.78 is 0. The summed E-state index contributed by atoms with van der Waals surface area (Å²) in [6.07, 6.45) is 13.1. The van der Waals surface area contributed by atoms with Gasteiger partial charge in [-0.05, 0) is 50.5 Å². The normalized spacial score (nSPS) is 25.9. The van der Waals surface area contributed by atoms with Crippen LogP contribution in [0.1, 0.15) is 26.2 Å². The molecule has 2 atom stereocenters. The van der Waals surface area contributed by atoms with Crippen molar-refractivity contribution < 1.29 is 0 Å². The van der Waals surface area contributed by atoms with Gasteiger partial charge in [-0.2, -0.15) is 0 Å². The summed E-state index contributed by atoms with van der Waals surface area (Å²) in [5.41, 5.74) is 2.68. The Bertz CT molecular complexity index is 911. The van der Waals surface area contributed by atoms with E-state index in [9.17, 15) is 0 Å². The van der Waals surface area contributed by atoms with E-state index in [4.69, 9.17) is 11.6 Å². The molecule has 2 unspecified atom stereocenters. The second kappa shape index (κ2) is 7.49. The van der Waals surface area contributed by atoms with Crippen LogP contribution in [0.3, 0.4) is 0 Å². The van der Waals surface area contributed by atoms with Gasteiger partial charge in [-0.1, -0.05) is 42.0 Å². The quantitative estimate of drug-likeness (QED) is 0.671. The SMILES string of the molecule is C=CC=C(Cl)C=C(C)CN1CC2(Nc3cccc4cnccc34)CCC1C2. The number of hydrogen-bond acceptors (Lipinski definition) is 3. The first-order chi connectivity index (χ1) is 13.1. The molecule has 2 fully saturated rings. The number of nitrogens with zero attached hydrogens (tertiary/aromatic N) is 2. The molecule has 1 N–H and O–H groups in total. The highest BCUT2D eigenvalue weighted by atomic mass is 35.5. The van der Waals surface area contributed by atoms with Crippen molar-refractivity contribution in [3.05, 3.63) is 72.1 Å². The maximum absolute atomic E-state index is 6.21. The summed E-state index contributed by atoms with van der Waals surface area (Å²) in [4.78, 5) is 6.85. The first kappa shape index (κ1) is 18.3. The zero-order valence-electron chi connectivity index (χ0n) is 15.8. The van der Waals surface area contributed by atoms with E-state index in [0.717, 1.165) is 18.1 Å². The number of nitrogens with one attached hydrogen (secondary N) is 1. The molecule has 1 aromatic heterocycles. The molecule has 1 aliphatic carbocycles. The molecule has 0 spiro atoms. The summed E-state index contributed by atoms with van der Waals surface area (Å²) in [5.74, 6) is 0. The van der Waals surface area contributed by atoms with Crippen LogP contribution in [-0.4, -0.2) is 34.6 Å². The first-order valence-corrected chi connectivity index (χ1v) is 9.97. The number of aromatic nitrogens is 1. The molecule has 0 radical (unpaired) electrons. The fourth-order valence-corrected chi connectivity index (χ4v) is 4.96. The van der Waals surface area contributed by atoms with Crippen LogP contribution in [0.15, 0.2) is 72.1 Å². The summed E-state index contributed by atoms with van der Waals surface area (Å²) >= 11 is 6.21. The maximum atomic E-state index is 6.21. The third-order valence-corrected chi connectivity index (χ3v) is 6.03. The molecule has 2 aliphatic rings. The van der Waals surface area contributed by atoms with Gasteiger partial charge in [-0.15, -0.1) is 0 Å². The number of rotatable bonds is 6. The lowest BCUT2D eigenvalue weighted by Crippen LogP contribution is -2.44. The van der Waals surface area contributed by atoms with Crippen molar-refractivity contribution in [2.75, 3.05) is 18.4 Å². The summed E-state index contributed by atoms with van der Waals surface area (Å²) in [6, 6.07) is 9.19. The first-order valence-electron chi connectivity index (χ1n) is 9.59. The van der Waals surface area contributed by atoms with Crippen molar-refractivity contribution in [2.24, 2.45) is 0 Å². The Morgan fingerprint density at radius 1 is 1.44 bits per heavy atom. The minimum absolute atomic E-state index is 0.170. The van der Waals surface area contributed by atoms with E-state index < -0.39 is 0 Å². The van der Waals surface area contributed by atoms with Crippen LogP contribution in [0.2, 0.25) is 0 Å². The number of anilines is 1. The summed E-state index contributed by atoms with van der Waals surface area (Å²) in [6.45, 7) is 7.90. The van der Waals surface area contributed by atoms with Crippen LogP contribution in [0.5, 0.6) is 0 Å². The Balaban J connectivity index is 1.50. The molecule has 2 heterocycles. The highest BCUT2D eigenvalue weighted by Crippen LogP contribution is 2.44. The van der Waals surface area contributed by atoms with E-state index in [-0.39, 0.29) is 5.54 Å². The number of fused-ring (bicyclic) bond motifs is 3. The number of benzene rings is 1. The van der Waals surface area contributed by atoms with Crippen molar-refractivity contribution in [3.63, 3.8) is 0 Å². The minimum atomic E-state index is 0.170. The number of likely N-dealkylation sites (tertiary alicyclic amines) is 1. The molecule has 2 aromatic rings. The lowest BCUT2D eigenvalue weighted by molar-refractivity contribution is 0.225. The van der Waals surface area contributed by atoms with Crippen LogP contribution >= 0.6 is 11.6 Å². The van der Waals surface area contributed by atoms with Gasteiger partial charge >= 0.3 is 0 Å². The second-order valence-corrected chi connectivity index (χ2v) is 8.32. The van der Waals surface area contributed by atoms with Crippen molar-refractivity contribution in [1.82, 2.24) is 9.88 Å². The molecule has 140 valence electrons. The van der Waals surface area contributed by atoms with E-state index in [1.54, 1.807) is 6.08 Å². The van der Waals surface area contributed by atoms with E-state index in [2.05, 4.69) is 53.0 Å². The van der Waals surface area contributed by atoms with Crippen LogP contribution in [-0.2, 0) is 0 Å². The van der Waals surface area contributed by atoms with Gasteiger partial charge in [-0.3, -0.25) is 9.88 Å². The third kappa shape index (κ3) is 3.80. The van der Waals surface area contributed by atoms with Gasteiger partial charge in [-0.25, -0.2) is 0 Å². The standard InChI is InChI=1S/C23H26ClN3/c1-3-5-19(24)12-17(2)15-27-16-23(10-8-20(27)13-23)26-22-7-4-6-18-14-25-11-9-21(18)22/h3-7,9,11-12,14,20,26H,1,8,10,13,15-16H2,2H3. The van der Waals surface area contributed by atoms with Gasteiger partial charge in [0.2, 0.25) is 0 Å². The fraction of sp³-hybridized carbons (Fsp3) is 0.348. The van der Waals surface area contributed by atoms with E-state index in [0.29, 0.717) is 6.04 Å². The Labute approximate surface area is 166 Å². The number of piperidine rings is 1. The molecule has 2 bridgehead atoms. The Morgan fingerprint density at radius 2 is 2.33 bits per heavy atom. The highest BCUT2D eigenvalue weighted by molar-refractivity contribution is 6.31. The summed E-state index contributed by atoms with van der Waals surface area (Å²) in [5, 5.41) is 7.09. The lowest BCUT2D eigenvalue weighted by atomic mass is 9.97. The number of hydrogen-bond donors (Lipinski definition) is 1. The minimum Gasteiger partial charge on any atom is -0.378 e. The molecule has 1 saturated heterocycles. The zero-order valence-corrected chi connectivity index (χ0v) is 16.5. The van der Waals surface area contributed by atoms with Gasteiger partial charge in [0.05, 0.1) is 5.54 Å². The molecule has 1 aromatic carbocycles. The lowest BCUT2D eigenvalue weighted by Gasteiger charge is -2.34. The Hall–Kier alpha value is -2.10. The summed E-state index contributed by atoms with van der Waals surface area (Å²) in [7, 11) is 0. The van der Waals surface area contributed by atoms with E-state index in [1.165, 1.54) is 41.3 Å². The molecule has 3 nitrogen and oxygen atoms in total. The second-order valence-electron chi connectivity index (χ2n) is 7.89. The zero-order chi connectivity index (χ0) is 18.9. The molecule has 4 rings (SSSR count). The molecule has 1 saturated carbocycles. The fourth-order valence-electron chi connectivity index (χ4n) is 4.69. The van der Waals surface area contributed by atoms with Crippen LogP contribution in [0, 0.1) is 0 Å². The number of pyridine rings is 1. The van der Waals surface area contributed by atoms with Gasteiger partial charge < -0.3 is 5.32 Å². The van der Waals surface area contributed by atoms with Gasteiger partial charge in [0, 0.05) is 53.0 Å². The van der Waals surface area contributed by atoms with E-state index in [1.807, 2.05) is 24.5 Å². The van der Waals surface area contributed by atoms with Crippen molar-refractivity contribution in [1.29, 1.82) is 0 Å². The molecular formula is C23H26ClN3. The van der Waals surface area contributed by atoms with Crippen molar-refractivity contribution in [2.45, 2.75) is 37.8 Å². The predicted octanol–water partition coefficient (Wildman–Crippen LogP) is 5.51. The van der Waals surface area contributed by atoms with Gasteiger partial charge in [0.25, 0.3) is 0 Å². The maximum Gasteiger partial charge on any atom is 0.0516 e. The smallest absolute Gasteiger partial charge is 0.0516 e. The van der Waals surface area contributed by atoms with Gasteiger partial charge in [0.1, 0.15) is 0 Å². The average molecular weight is 380 g/mol. The molecule has 4 heteroatoms. The Morgan fingerprint density at radius 3 is 3.19 bits per heavy atom. The molecule has 1 aliphatic heterocycles. The largest absolute Gasteiger partial charge is 0.378 e. The van der Waals surface area contributed by atoms with E-state index >= 15 is 0 Å². The van der Waals surface area contributed by atoms with Crippen LogP contribution in [0.4, 0.5) is 5.69 Å². The average Bonchev–Trinajstić information content (AvgIpc) is 3.20. The monoisotopic (exact) mass is 379 g/mol. The number of halogens is 1. The highest BCUT2D eigenvalue weighted by Gasteiger charge is 2.49. The molecular weight excluding hydrogens is 354 g/mol. The topological polar surface area (TPSA) is 28.2 Å². The number of allylic oxidation sites excluding steroid dienone is 4. The van der Waals surface area contributed by atoms with Crippen LogP contribution < -0.4 is 5.32 Å². The molecule has 27 heavy (non-hydrogen) atoms. The van der Waals surface area contributed by atoms with Crippen molar-refractivity contribution >= 4 is 28.1 Å². The Kier molecular flexibility index (Phi) is 5.07. The van der Waals surface area contributed by atoms with Crippen LogP contribution in [0.25, 0.3) is 10.8 Å². The molecule has 0 amide bonds. The predicted molar refractivity (Wildman–Crippen MR) is 115 cm³/mol. The third-order valence-electron chi connectivity index (χ3n) is 5.80.